The van der Waals surface area contributed by atoms with Gasteiger partial charge >= 0.3 is 0 Å². The predicted molar refractivity (Wildman–Crippen MR) is 126 cm³/mol. The van der Waals surface area contributed by atoms with Crippen LogP contribution in [0, 0.1) is 6.92 Å². The third-order valence-electron chi connectivity index (χ3n) is 4.54. The van der Waals surface area contributed by atoms with Gasteiger partial charge in [0.1, 0.15) is 5.69 Å². The highest BCUT2D eigenvalue weighted by atomic mass is 15.3. The van der Waals surface area contributed by atoms with Crippen LogP contribution in [0.15, 0.2) is 107 Å². The Hall–Kier alpha value is -4.05. The van der Waals surface area contributed by atoms with Crippen LogP contribution < -0.4 is 5.43 Å². The second-order valence-corrected chi connectivity index (χ2v) is 6.84. The number of nitrogens with zero attached hydrogens (tertiary/aromatic N) is 3. The van der Waals surface area contributed by atoms with Gasteiger partial charge in [0, 0.05) is 11.6 Å². The smallest absolute Gasteiger partial charge is 0.173 e. The number of aliphatic imine (C=N–C) groups is 1. The zero-order chi connectivity index (χ0) is 20.6. The summed E-state index contributed by atoms with van der Waals surface area (Å²) in [7, 11) is 0. The second-order valence-electron chi connectivity index (χ2n) is 6.84. The minimum atomic E-state index is 0.592. The zero-order valence-corrected chi connectivity index (χ0v) is 16.7. The molecular weight excluding hydrogens is 368 g/mol. The molecule has 1 heterocycles. The lowest BCUT2D eigenvalue weighted by Crippen LogP contribution is -2.20. The van der Waals surface area contributed by atoms with Gasteiger partial charge < -0.3 is 0 Å². The van der Waals surface area contributed by atoms with E-state index in [1.165, 1.54) is 5.56 Å². The molecule has 0 aliphatic rings. The molecule has 0 unspecified atom stereocenters. The van der Waals surface area contributed by atoms with Crippen molar-refractivity contribution >= 4 is 34.7 Å². The molecule has 146 valence electrons. The number of hydrazone groups is 1. The molecule has 3 aromatic carbocycles. The minimum Gasteiger partial charge on any atom is -0.260 e. The van der Waals surface area contributed by atoms with Crippen LogP contribution in [-0.2, 0) is 0 Å². The highest BCUT2D eigenvalue weighted by molar-refractivity contribution is 6.00. The van der Waals surface area contributed by atoms with Crippen molar-refractivity contribution in [2.45, 2.75) is 6.92 Å². The van der Waals surface area contributed by atoms with Gasteiger partial charge in [-0.15, -0.1) is 0 Å². The van der Waals surface area contributed by atoms with Gasteiger partial charge in [-0.1, -0.05) is 78.4 Å². The number of aryl methyl sites for hydroxylation is 1. The van der Waals surface area contributed by atoms with Crippen LogP contribution in [0.1, 0.15) is 16.8 Å². The van der Waals surface area contributed by atoms with E-state index in [4.69, 9.17) is 9.98 Å². The predicted octanol–water partition coefficient (Wildman–Crippen LogP) is 5.91. The molecule has 0 aliphatic heterocycles. The average molecular weight is 390 g/mol. The van der Waals surface area contributed by atoms with Crippen LogP contribution >= 0.6 is 0 Å². The molecule has 30 heavy (non-hydrogen) atoms. The van der Waals surface area contributed by atoms with Crippen LogP contribution in [0.2, 0.25) is 0 Å². The Morgan fingerprint density at radius 3 is 2.43 bits per heavy atom. The third-order valence-corrected chi connectivity index (χ3v) is 4.54. The Balaban J connectivity index is 1.60. The number of aromatic nitrogens is 1. The fraction of sp³-hybridized carbons (Fsp3) is 0.0385. The first-order valence-electron chi connectivity index (χ1n) is 9.80. The van der Waals surface area contributed by atoms with Crippen LogP contribution in [-0.4, -0.2) is 17.0 Å². The molecule has 0 saturated heterocycles. The molecule has 1 N–H and O–H groups in total. The van der Waals surface area contributed by atoms with E-state index < -0.39 is 0 Å². The first-order valence-corrected chi connectivity index (χ1v) is 9.80. The van der Waals surface area contributed by atoms with Gasteiger partial charge in [-0.2, -0.15) is 5.10 Å². The largest absolute Gasteiger partial charge is 0.260 e. The number of rotatable bonds is 5. The van der Waals surface area contributed by atoms with E-state index in [2.05, 4.69) is 17.5 Å². The van der Waals surface area contributed by atoms with Crippen molar-refractivity contribution in [1.82, 2.24) is 10.4 Å². The van der Waals surface area contributed by atoms with Crippen molar-refractivity contribution in [2.24, 2.45) is 10.1 Å². The fourth-order valence-corrected chi connectivity index (χ4v) is 2.95. The van der Waals surface area contributed by atoms with Crippen molar-refractivity contribution < 1.29 is 0 Å². The van der Waals surface area contributed by atoms with Crippen molar-refractivity contribution in [3.05, 3.63) is 114 Å². The number of benzene rings is 3. The van der Waals surface area contributed by atoms with Crippen molar-refractivity contribution in [1.29, 1.82) is 0 Å². The standard InChI is InChI=1S/C26H22N4/c1-20-13-16-23(17-14-20)28-26(25-18-15-22-11-5-6-12-24(22)29-25)30-27-19-7-10-21-8-3-2-4-9-21/h2-19H,1H3,(H,28,30). The molecule has 0 radical (unpaired) electrons. The molecule has 0 spiro atoms. The summed E-state index contributed by atoms with van der Waals surface area (Å²) in [4.78, 5) is 9.49. The molecular formula is C26H22N4. The summed E-state index contributed by atoms with van der Waals surface area (Å²) >= 11 is 0. The molecule has 0 saturated carbocycles. The number of allylic oxidation sites excluding steroid dienone is 1. The van der Waals surface area contributed by atoms with Crippen LogP contribution in [0.4, 0.5) is 5.69 Å². The summed E-state index contributed by atoms with van der Waals surface area (Å²) in [5.74, 6) is 0.592. The summed E-state index contributed by atoms with van der Waals surface area (Å²) in [6.45, 7) is 2.06. The summed E-state index contributed by atoms with van der Waals surface area (Å²) in [6, 6.07) is 30.2. The van der Waals surface area contributed by atoms with Gasteiger partial charge in [-0.05, 0) is 42.8 Å². The maximum atomic E-state index is 4.75. The number of amidine groups is 1. The van der Waals surface area contributed by atoms with E-state index in [9.17, 15) is 0 Å². The van der Waals surface area contributed by atoms with Crippen molar-refractivity contribution in [2.75, 3.05) is 0 Å². The quantitative estimate of drug-likeness (QED) is 0.262. The summed E-state index contributed by atoms with van der Waals surface area (Å²) in [5, 5.41) is 5.41. The molecule has 1 aromatic heterocycles. The Kier molecular flexibility index (Phi) is 6.06. The maximum Gasteiger partial charge on any atom is 0.173 e. The molecule has 4 heteroatoms. The molecule has 0 fully saturated rings. The molecule has 4 nitrogen and oxygen atoms in total. The Bertz CT molecular complexity index is 1210. The Morgan fingerprint density at radius 1 is 0.833 bits per heavy atom. The van der Waals surface area contributed by atoms with E-state index in [1.807, 2.05) is 103 Å². The Labute approximate surface area is 176 Å². The monoisotopic (exact) mass is 390 g/mol. The number of pyridine rings is 1. The number of para-hydroxylation sites is 1. The Morgan fingerprint density at radius 2 is 1.60 bits per heavy atom. The van der Waals surface area contributed by atoms with E-state index in [0.29, 0.717) is 5.84 Å². The molecule has 0 amide bonds. The first-order chi connectivity index (χ1) is 14.8. The highest BCUT2D eigenvalue weighted by Crippen LogP contribution is 2.16. The van der Waals surface area contributed by atoms with Crippen molar-refractivity contribution in [3.8, 4) is 0 Å². The lowest BCUT2D eigenvalue weighted by molar-refractivity contribution is 1.02. The second kappa shape index (κ2) is 9.43. The lowest BCUT2D eigenvalue weighted by Gasteiger charge is -2.07. The number of hydrogen-bond donors (Lipinski definition) is 1. The van der Waals surface area contributed by atoms with Crippen molar-refractivity contribution in [3.63, 3.8) is 0 Å². The topological polar surface area (TPSA) is 49.6 Å². The van der Waals surface area contributed by atoms with Gasteiger partial charge in [0.05, 0.1) is 11.2 Å². The molecule has 4 rings (SSSR count). The van der Waals surface area contributed by atoms with E-state index in [0.717, 1.165) is 27.8 Å². The summed E-state index contributed by atoms with van der Waals surface area (Å²) in [5.41, 5.74) is 7.86. The summed E-state index contributed by atoms with van der Waals surface area (Å²) < 4.78 is 0. The van der Waals surface area contributed by atoms with Crippen LogP contribution in [0.25, 0.3) is 17.0 Å². The molecule has 4 aromatic rings. The first kappa shape index (κ1) is 19.3. The minimum absolute atomic E-state index is 0.592. The number of fused-ring (bicyclic) bond motifs is 1. The van der Waals surface area contributed by atoms with Gasteiger partial charge in [0.25, 0.3) is 0 Å². The molecule has 0 aliphatic carbocycles. The van der Waals surface area contributed by atoms with E-state index in [-0.39, 0.29) is 0 Å². The van der Waals surface area contributed by atoms with Gasteiger partial charge in [0.15, 0.2) is 5.84 Å². The average Bonchev–Trinajstić information content (AvgIpc) is 2.80. The highest BCUT2D eigenvalue weighted by Gasteiger charge is 2.06. The molecule has 0 atom stereocenters. The van der Waals surface area contributed by atoms with Gasteiger partial charge in [-0.25, -0.2) is 9.98 Å². The number of nitrogens with one attached hydrogen (secondary N) is 1. The fourth-order valence-electron chi connectivity index (χ4n) is 2.95. The van der Waals surface area contributed by atoms with Gasteiger partial charge in [0.2, 0.25) is 0 Å². The van der Waals surface area contributed by atoms with E-state index in [1.54, 1.807) is 6.21 Å². The summed E-state index contributed by atoms with van der Waals surface area (Å²) in [6.07, 6.45) is 5.59. The number of hydrogen-bond acceptors (Lipinski definition) is 3. The van der Waals surface area contributed by atoms with Gasteiger partial charge in [-0.3, -0.25) is 5.43 Å². The SMILES string of the molecule is Cc1ccc(N=C(NN=CC=Cc2ccccc2)c2ccc3ccccc3n2)cc1. The molecule has 0 bridgehead atoms. The zero-order valence-electron chi connectivity index (χ0n) is 16.7. The third kappa shape index (κ3) is 5.06. The van der Waals surface area contributed by atoms with Crippen LogP contribution in [0.5, 0.6) is 0 Å². The maximum absolute atomic E-state index is 4.75. The lowest BCUT2D eigenvalue weighted by atomic mass is 10.2. The normalized spacial score (nSPS) is 12.1. The van der Waals surface area contributed by atoms with E-state index >= 15 is 0 Å². The van der Waals surface area contributed by atoms with Crippen LogP contribution in [0.3, 0.4) is 0 Å².